The van der Waals surface area contributed by atoms with Crippen molar-refractivity contribution in [3.05, 3.63) is 66.0 Å². The molecule has 1 saturated heterocycles. The highest BCUT2D eigenvalue weighted by molar-refractivity contribution is 6.02. The SMILES string of the molecule is O=C(Cc1nc2ccccc2n1C(=O)c1ccccc1)N1CCOCC1. The normalized spacial score (nSPS) is 14.5. The Bertz CT molecular complexity index is 943. The molecular weight excluding hydrogens is 330 g/mol. The second kappa shape index (κ2) is 7.09. The van der Waals surface area contributed by atoms with Gasteiger partial charge < -0.3 is 9.64 Å². The van der Waals surface area contributed by atoms with Gasteiger partial charge in [0.1, 0.15) is 5.82 Å². The fraction of sp³-hybridized carbons (Fsp3) is 0.250. The lowest BCUT2D eigenvalue weighted by atomic mass is 10.2. The second-order valence-corrected chi connectivity index (χ2v) is 6.19. The van der Waals surface area contributed by atoms with Gasteiger partial charge in [0, 0.05) is 18.7 Å². The van der Waals surface area contributed by atoms with Crippen molar-refractivity contribution < 1.29 is 14.3 Å². The number of aromatic nitrogens is 2. The smallest absolute Gasteiger partial charge is 0.263 e. The van der Waals surface area contributed by atoms with Crippen LogP contribution in [0.15, 0.2) is 54.6 Å². The summed E-state index contributed by atoms with van der Waals surface area (Å²) in [5, 5.41) is 0. The molecular formula is C20H19N3O3. The van der Waals surface area contributed by atoms with Gasteiger partial charge in [-0.3, -0.25) is 14.2 Å². The fourth-order valence-electron chi connectivity index (χ4n) is 3.19. The highest BCUT2D eigenvalue weighted by Crippen LogP contribution is 2.19. The Kier molecular flexibility index (Phi) is 4.50. The van der Waals surface area contributed by atoms with E-state index in [0.717, 1.165) is 0 Å². The molecule has 0 spiro atoms. The lowest BCUT2D eigenvalue weighted by molar-refractivity contribution is -0.134. The standard InChI is InChI=1S/C20H19N3O3/c24-19(22-10-12-26-13-11-22)14-18-21-16-8-4-5-9-17(16)23(18)20(25)15-6-2-1-3-7-15/h1-9H,10-14H2. The number of rotatable bonds is 3. The van der Waals surface area contributed by atoms with E-state index in [1.807, 2.05) is 42.5 Å². The molecule has 0 N–H and O–H groups in total. The lowest BCUT2D eigenvalue weighted by Crippen LogP contribution is -2.41. The summed E-state index contributed by atoms with van der Waals surface area (Å²) in [6.07, 6.45) is 0.0905. The second-order valence-electron chi connectivity index (χ2n) is 6.19. The average Bonchev–Trinajstić information content (AvgIpc) is 3.06. The molecule has 0 atom stereocenters. The first-order valence-electron chi connectivity index (χ1n) is 8.65. The van der Waals surface area contributed by atoms with Crippen molar-refractivity contribution in [3.8, 4) is 0 Å². The van der Waals surface area contributed by atoms with Crippen molar-refractivity contribution in [1.29, 1.82) is 0 Å². The predicted octanol–water partition coefficient (Wildman–Crippen LogP) is 2.13. The molecule has 1 aliphatic rings. The van der Waals surface area contributed by atoms with E-state index in [1.54, 1.807) is 21.6 Å². The summed E-state index contributed by atoms with van der Waals surface area (Å²) in [6, 6.07) is 16.5. The number of fused-ring (bicyclic) bond motifs is 1. The van der Waals surface area contributed by atoms with Crippen LogP contribution in [0.1, 0.15) is 16.2 Å². The zero-order valence-corrected chi connectivity index (χ0v) is 14.3. The summed E-state index contributed by atoms with van der Waals surface area (Å²) in [5.74, 6) is 0.256. The Morgan fingerprint density at radius 2 is 1.65 bits per heavy atom. The zero-order chi connectivity index (χ0) is 17.9. The number of para-hydroxylation sites is 2. The Hall–Kier alpha value is -2.99. The number of carbonyl (C=O) groups excluding carboxylic acids is 2. The Labute approximate surface area is 151 Å². The number of imidazole rings is 1. The highest BCUT2D eigenvalue weighted by atomic mass is 16.5. The molecule has 0 unspecified atom stereocenters. The molecule has 0 saturated carbocycles. The molecule has 0 radical (unpaired) electrons. The van der Waals surface area contributed by atoms with Gasteiger partial charge in [-0.2, -0.15) is 0 Å². The molecule has 0 aliphatic carbocycles. The van der Waals surface area contributed by atoms with Gasteiger partial charge in [-0.05, 0) is 24.3 Å². The first-order valence-corrected chi connectivity index (χ1v) is 8.65. The minimum absolute atomic E-state index is 0.0364. The van der Waals surface area contributed by atoms with Crippen LogP contribution in [0, 0.1) is 0 Å². The Balaban J connectivity index is 1.72. The molecule has 2 heterocycles. The van der Waals surface area contributed by atoms with Gasteiger partial charge in [-0.15, -0.1) is 0 Å². The molecule has 1 fully saturated rings. The van der Waals surface area contributed by atoms with Crippen LogP contribution in [-0.2, 0) is 16.0 Å². The molecule has 1 aromatic heterocycles. The summed E-state index contributed by atoms with van der Waals surface area (Å²) in [7, 11) is 0. The van der Waals surface area contributed by atoms with Crippen molar-refractivity contribution in [1.82, 2.24) is 14.5 Å². The number of nitrogens with zero attached hydrogens (tertiary/aromatic N) is 3. The highest BCUT2D eigenvalue weighted by Gasteiger charge is 2.23. The Morgan fingerprint density at radius 1 is 0.962 bits per heavy atom. The maximum Gasteiger partial charge on any atom is 0.263 e. The molecule has 4 rings (SSSR count). The van der Waals surface area contributed by atoms with Crippen molar-refractivity contribution in [3.63, 3.8) is 0 Å². The maximum absolute atomic E-state index is 13.1. The molecule has 6 heteroatoms. The maximum atomic E-state index is 13.1. The third-order valence-electron chi connectivity index (χ3n) is 4.53. The van der Waals surface area contributed by atoms with Crippen molar-refractivity contribution in [2.45, 2.75) is 6.42 Å². The van der Waals surface area contributed by atoms with E-state index in [1.165, 1.54) is 0 Å². The van der Waals surface area contributed by atoms with Crippen molar-refractivity contribution >= 4 is 22.8 Å². The third kappa shape index (κ3) is 3.11. The van der Waals surface area contributed by atoms with Crippen LogP contribution >= 0.6 is 0 Å². The summed E-state index contributed by atoms with van der Waals surface area (Å²) < 4.78 is 6.86. The molecule has 26 heavy (non-hydrogen) atoms. The summed E-state index contributed by atoms with van der Waals surface area (Å²) in [5.41, 5.74) is 1.99. The van der Waals surface area contributed by atoms with Crippen LogP contribution < -0.4 is 0 Å². The van der Waals surface area contributed by atoms with Gasteiger partial charge in [0.25, 0.3) is 5.91 Å². The number of ether oxygens (including phenoxy) is 1. The minimum atomic E-state index is -0.177. The number of amides is 1. The van der Waals surface area contributed by atoms with Crippen molar-refractivity contribution in [2.24, 2.45) is 0 Å². The van der Waals surface area contributed by atoms with Gasteiger partial charge in [0.2, 0.25) is 5.91 Å². The van der Waals surface area contributed by atoms with E-state index < -0.39 is 0 Å². The molecule has 6 nitrogen and oxygen atoms in total. The molecule has 0 bridgehead atoms. The molecule has 1 amide bonds. The van der Waals surface area contributed by atoms with Crippen LogP contribution in [0.2, 0.25) is 0 Å². The third-order valence-corrected chi connectivity index (χ3v) is 4.53. The van der Waals surface area contributed by atoms with Crippen LogP contribution in [0.3, 0.4) is 0 Å². The predicted molar refractivity (Wildman–Crippen MR) is 97.0 cm³/mol. The van der Waals surface area contributed by atoms with E-state index in [4.69, 9.17) is 4.74 Å². The van der Waals surface area contributed by atoms with Crippen molar-refractivity contribution in [2.75, 3.05) is 26.3 Å². The zero-order valence-electron chi connectivity index (χ0n) is 14.3. The van der Waals surface area contributed by atoms with E-state index in [0.29, 0.717) is 48.7 Å². The number of morpholine rings is 1. The van der Waals surface area contributed by atoms with Gasteiger partial charge in [0.05, 0.1) is 30.7 Å². The molecule has 3 aromatic rings. The largest absolute Gasteiger partial charge is 0.378 e. The quantitative estimate of drug-likeness (QED) is 0.727. The van der Waals surface area contributed by atoms with Crippen LogP contribution in [0.5, 0.6) is 0 Å². The molecule has 2 aromatic carbocycles. The average molecular weight is 349 g/mol. The van der Waals surface area contributed by atoms with Gasteiger partial charge in [-0.25, -0.2) is 4.98 Å². The van der Waals surface area contributed by atoms with Gasteiger partial charge in [0.15, 0.2) is 0 Å². The summed E-state index contributed by atoms with van der Waals surface area (Å²) in [6.45, 7) is 2.24. The fourth-order valence-corrected chi connectivity index (χ4v) is 3.19. The van der Waals surface area contributed by atoms with Crippen LogP contribution in [-0.4, -0.2) is 52.6 Å². The first kappa shape index (κ1) is 16.5. The number of benzene rings is 2. The Morgan fingerprint density at radius 3 is 2.42 bits per heavy atom. The lowest BCUT2D eigenvalue weighted by Gasteiger charge is -2.26. The molecule has 132 valence electrons. The monoisotopic (exact) mass is 349 g/mol. The summed E-state index contributed by atoms with van der Waals surface area (Å²) >= 11 is 0. The van der Waals surface area contributed by atoms with Gasteiger partial charge in [-0.1, -0.05) is 30.3 Å². The molecule has 1 aliphatic heterocycles. The topological polar surface area (TPSA) is 64.4 Å². The van der Waals surface area contributed by atoms with Crippen LogP contribution in [0.4, 0.5) is 0 Å². The van der Waals surface area contributed by atoms with E-state index in [9.17, 15) is 9.59 Å². The van der Waals surface area contributed by atoms with Crippen LogP contribution in [0.25, 0.3) is 11.0 Å². The summed E-state index contributed by atoms with van der Waals surface area (Å²) in [4.78, 5) is 32.1. The van der Waals surface area contributed by atoms with E-state index in [2.05, 4.69) is 4.98 Å². The van der Waals surface area contributed by atoms with Gasteiger partial charge >= 0.3 is 0 Å². The number of hydrogen-bond acceptors (Lipinski definition) is 4. The first-order chi connectivity index (χ1) is 12.7. The number of carbonyl (C=O) groups is 2. The van der Waals surface area contributed by atoms with E-state index >= 15 is 0 Å². The minimum Gasteiger partial charge on any atom is -0.378 e. The van der Waals surface area contributed by atoms with E-state index in [-0.39, 0.29) is 18.2 Å². The number of hydrogen-bond donors (Lipinski definition) is 0.